The van der Waals surface area contributed by atoms with Crippen LogP contribution in [0.3, 0.4) is 0 Å². The monoisotopic (exact) mass is 127 g/mol. The van der Waals surface area contributed by atoms with Gasteiger partial charge in [-0.3, -0.25) is 0 Å². The molecule has 0 aliphatic carbocycles. The lowest BCUT2D eigenvalue weighted by atomic mass is 9.96. The van der Waals surface area contributed by atoms with E-state index in [9.17, 15) is 0 Å². The molecule has 0 bridgehead atoms. The standard InChI is InChI=1S/C7H13NO/c1-6(2)4-7(3,9)5-8/h6,9H,4H2,1-3H3/t7-/m1/s1. The molecule has 0 aliphatic heterocycles. The van der Waals surface area contributed by atoms with Gasteiger partial charge in [0.05, 0.1) is 6.07 Å². The van der Waals surface area contributed by atoms with Crippen molar-refractivity contribution in [3.8, 4) is 6.07 Å². The van der Waals surface area contributed by atoms with E-state index in [0.29, 0.717) is 12.3 Å². The van der Waals surface area contributed by atoms with E-state index < -0.39 is 5.60 Å². The van der Waals surface area contributed by atoms with Crippen molar-refractivity contribution in [1.82, 2.24) is 0 Å². The molecule has 52 valence electrons. The second-order valence-electron chi connectivity index (χ2n) is 2.98. The van der Waals surface area contributed by atoms with Gasteiger partial charge < -0.3 is 5.11 Å². The molecule has 0 aromatic rings. The summed E-state index contributed by atoms with van der Waals surface area (Å²) in [5.41, 5.74) is -1.13. The van der Waals surface area contributed by atoms with Crippen molar-refractivity contribution in [2.24, 2.45) is 5.92 Å². The Morgan fingerprint density at radius 1 is 1.67 bits per heavy atom. The highest BCUT2D eigenvalue weighted by molar-refractivity contribution is 4.96. The molecule has 1 N–H and O–H groups in total. The van der Waals surface area contributed by atoms with Crippen LogP contribution < -0.4 is 0 Å². The molecule has 0 aromatic heterocycles. The molecule has 0 radical (unpaired) electrons. The zero-order chi connectivity index (χ0) is 7.49. The molecule has 0 aliphatic rings. The minimum absolute atomic E-state index is 0.375. The number of hydrogen-bond donors (Lipinski definition) is 1. The maximum atomic E-state index is 9.13. The van der Waals surface area contributed by atoms with Crippen LogP contribution in [0.15, 0.2) is 0 Å². The van der Waals surface area contributed by atoms with Crippen molar-refractivity contribution in [2.75, 3.05) is 0 Å². The van der Waals surface area contributed by atoms with E-state index >= 15 is 0 Å². The fourth-order valence-corrected chi connectivity index (χ4v) is 0.841. The van der Waals surface area contributed by atoms with Crippen LogP contribution in [0.4, 0.5) is 0 Å². The Balaban J connectivity index is 3.76. The maximum Gasteiger partial charge on any atom is 0.148 e. The molecule has 0 saturated heterocycles. The van der Waals surface area contributed by atoms with E-state index in [0.717, 1.165) is 0 Å². The Morgan fingerprint density at radius 3 is 2.22 bits per heavy atom. The van der Waals surface area contributed by atoms with E-state index in [1.54, 1.807) is 0 Å². The SMILES string of the molecule is CC(C)C[C@@](C)(O)C#N. The Bertz CT molecular complexity index is 121. The topological polar surface area (TPSA) is 44.0 Å². The zero-order valence-electron chi connectivity index (χ0n) is 6.18. The minimum Gasteiger partial charge on any atom is -0.376 e. The van der Waals surface area contributed by atoms with Gasteiger partial charge in [-0.2, -0.15) is 5.26 Å². The molecule has 2 heteroatoms. The summed E-state index contributed by atoms with van der Waals surface area (Å²) in [7, 11) is 0. The largest absolute Gasteiger partial charge is 0.376 e. The molecule has 0 unspecified atom stereocenters. The van der Waals surface area contributed by atoms with Gasteiger partial charge >= 0.3 is 0 Å². The first kappa shape index (κ1) is 8.45. The molecular weight excluding hydrogens is 114 g/mol. The summed E-state index contributed by atoms with van der Waals surface area (Å²) in [6, 6.07) is 1.83. The summed E-state index contributed by atoms with van der Waals surface area (Å²) in [5.74, 6) is 0.375. The van der Waals surface area contributed by atoms with Crippen LogP contribution in [0.5, 0.6) is 0 Å². The minimum atomic E-state index is -1.13. The quantitative estimate of drug-likeness (QED) is 0.568. The highest BCUT2D eigenvalue weighted by atomic mass is 16.3. The van der Waals surface area contributed by atoms with Crippen LogP contribution in [0.2, 0.25) is 0 Å². The first-order chi connectivity index (χ1) is 3.98. The van der Waals surface area contributed by atoms with Crippen molar-refractivity contribution in [1.29, 1.82) is 5.26 Å². The highest BCUT2D eigenvalue weighted by Gasteiger charge is 2.19. The molecule has 0 saturated carbocycles. The Hall–Kier alpha value is -0.550. The predicted molar refractivity (Wildman–Crippen MR) is 35.7 cm³/mol. The molecule has 9 heavy (non-hydrogen) atoms. The third kappa shape index (κ3) is 3.99. The summed E-state index contributed by atoms with van der Waals surface area (Å²) in [4.78, 5) is 0. The highest BCUT2D eigenvalue weighted by Crippen LogP contribution is 2.13. The summed E-state index contributed by atoms with van der Waals surface area (Å²) in [5, 5.41) is 17.5. The fourth-order valence-electron chi connectivity index (χ4n) is 0.841. The average Bonchev–Trinajstić information content (AvgIpc) is 1.63. The van der Waals surface area contributed by atoms with Gasteiger partial charge in [0.25, 0.3) is 0 Å². The zero-order valence-corrected chi connectivity index (χ0v) is 6.18. The first-order valence-corrected chi connectivity index (χ1v) is 3.11. The molecule has 0 rings (SSSR count). The van der Waals surface area contributed by atoms with Crippen molar-refractivity contribution in [3.63, 3.8) is 0 Å². The lowest BCUT2D eigenvalue weighted by Gasteiger charge is -2.15. The van der Waals surface area contributed by atoms with Gasteiger partial charge in [0.2, 0.25) is 0 Å². The molecular formula is C7H13NO. The maximum absolute atomic E-state index is 9.13. The van der Waals surface area contributed by atoms with E-state index in [4.69, 9.17) is 10.4 Å². The van der Waals surface area contributed by atoms with Crippen LogP contribution in [-0.2, 0) is 0 Å². The predicted octanol–water partition coefficient (Wildman–Crippen LogP) is 1.31. The van der Waals surface area contributed by atoms with Crippen LogP contribution in [0.1, 0.15) is 27.2 Å². The normalized spacial score (nSPS) is 16.9. The Kier molecular flexibility index (Phi) is 2.66. The summed E-state index contributed by atoms with van der Waals surface area (Å²) < 4.78 is 0. The number of rotatable bonds is 2. The second kappa shape index (κ2) is 2.84. The summed E-state index contributed by atoms with van der Waals surface area (Å²) >= 11 is 0. The Morgan fingerprint density at radius 2 is 2.11 bits per heavy atom. The third-order valence-corrected chi connectivity index (χ3v) is 1.05. The van der Waals surface area contributed by atoms with Crippen LogP contribution in [0.25, 0.3) is 0 Å². The van der Waals surface area contributed by atoms with Gasteiger partial charge in [-0.1, -0.05) is 13.8 Å². The van der Waals surface area contributed by atoms with Crippen LogP contribution in [-0.4, -0.2) is 10.7 Å². The fraction of sp³-hybridized carbons (Fsp3) is 0.857. The molecule has 0 fully saturated rings. The van der Waals surface area contributed by atoms with Gasteiger partial charge in [0.1, 0.15) is 5.60 Å². The summed E-state index contributed by atoms with van der Waals surface area (Å²) in [6.07, 6.45) is 0.545. The molecule has 0 aromatic carbocycles. The molecule has 2 nitrogen and oxygen atoms in total. The second-order valence-corrected chi connectivity index (χ2v) is 2.98. The number of nitriles is 1. The van der Waals surface area contributed by atoms with Crippen molar-refractivity contribution in [2.45, 2.75) is 32.8 Å². The molecule has 1 atom stereocenters. The van der Waals surface area contributed by atoms with Crippen molar-refractivity contribution in [3.05, 3.63) is 0 Å². The van der Waals surface area contributed by atoms with E-state index in [2.05, 4.69) is 0 Å². The van der Waals surface area contributed by atoms with E-state index in [1.165, 1.54) is 6.92 Å². The van der Waals surface area contributed by atoms with Crippen LogP contribution >= 0.6 is 0 Å². The van der Waals surface area contributed by atoms with Gasteiger partial charge in [-0.05, 0) is 19.3 Å². The van der Waals surface area contributed by atoms with Gasteiger partial charge in [-0.25, -0.2) is 0 Å². The van der Waals surface area contributed by atoms with Gasteiger partial charge in [0, 0.05) is 0 Å². The summed E-state index contributed by atoms with van der Waals surface area (Å²) in [6.45, 7) is 5.49. The first-order valence-electron chi connectivity index (χ1n) is 3.11. The Labute approximate surface area is 56.1 Å². The van der Waals surface area contributed by atoms with E-state index in [-0.39, 0.29) is 0 Å². The van der Waals surface area contributed by atoms with Crippen LogP contribution in [0, 0.1) is 17.2 Å². The third-order valence-electron chi connectivity index (χ3n) is 1.05. The van der Waals surface area contributed by atoms with Crippen molar-refractivity contribution >= 4 is 0 Å². The molecule has 0 amide bonds. The lowest BCUT2D eigenvalue weighted by molar-refractivity contribution is 0.0953. The van der Waals surface area contributed by atoms with Crippen molar-refractivity contribution < 1.29 is 5.11 Å². The lowest BCUT2D eigenvalue weighted by Crippen LogP contribution is -2.23. The van der Waals surface area contributed by atoms with Gasteiger partial charge in [-0.15, -0.1) is 0 Å². The number of nitrogens with zero attached hydrogens (tertiary/aromatic N) is 1. The number of aliphatic hydroxyl groups is 1. The molecule has 0 heterocycles. The average molecular weight is 127 g/mol. The molecule has 0 spiro atoms. The smallest absolute Gasteiger partial charge is 0.148 e. The van der Waals surface area contributed by atoms with E-state index in [1.807, 2.05) is 19.9 Å². The number of hydrogen-bond acceptors (Lipinski definition) is 2. The van der Waals surface area contributed by atoms with Gasteiger partial charge in [0.15, 0.2) is 0 Å².